The normalized spacial score (nSPS) is 22.6. The fourth-order valence-electron chi connectivity index (χ4n) is 3.44. The van der Waals surface area contributed by atoms with Crippen molar-refractivity contribution in [1.82, 2.24) is 25.2 Å². The van der Waals surface area contributed by atoms with E-state index in [1.54, 1.807) is 6.20 Å². The number of hydrogen-bond acceptors (Lipinski definition) is 4. The quantitative estimate of drug-likeness (QED) is 0.924. The third kappa shape index (κ3) is 2.99. The molecule has 24 heavy (non-hydrogen) atoms. The van der Waals surface area contributed by atoms with E-state index >= 15 is 0 Å². The first kappa shape index (κ1) is 15.1. The van der Waals surface area contributed by atoms with Crippen LogP contribution < -0.4 is 5.32 Å². The minimum absolute atomic E-state index is 0.00665. The molecule has 1 aromatic carbocycles. The molecule has 126 valence electrons. The van der Waals surface area contributed by atoms with E-state index in [-0.39, 0.29) is 18.2 Å². The topological polar surface area (TPSA) is 72.3 Å². The second kappa shape index (κ2) is 6.60. The predicted octanol–water partition coefficient (Wildman–Crippen LogP) is 1.38. The zero-order chi connectivity index (χ0) is 16.4. The highest BCUT2D eigenvalue weighted by molar-refractivity contribution is 5.74. The van der Waals surface area contributed by atoms with Gasteiger partial charge in [-0.25, -0.2) is 9.48 Å². The van der Waals surface area contributed by atoms with Gasteiger partial charge in [0.05, 0.1) is 37.2 Å². The molecular weight excluding hydrogens is 306 g/mol. The number of amides is 2. The smallest absolute Gasteiger partial charge is 0.317 e. The number of aromatic nitrogens is 3. The number of benzene rings is 1. The first-order chi connectivity index (χ1) is 11.8. The minimum Gasteiger partial charge on any atom is -0.368 e. The molecule has 7 nitrogen and oxygen atoms in total. The molecule has 1 aromatic heterocycles. The van der Waals surface area contributed by atoms with Crippen LogP contribution in [0.1, 0.15) is 23.7 Å². The lowest BCUT2D eigenvalue weighted by atomic mass is 10.0. The number of nitrogens with one attached hydrogen (secondary N) is 1. The van der Waals surface area contributed by atoms with Crippen LogP contribution in [0.2, 0.25) is 0 Å². The lowest BCUT2D eigenvalue weighted by Gasteiger charge is -2.40. The Morgan fingerprint density at radius 3 is 3.08 bits per heavy atom. The lowest BCUT2D eigenvalue weighted by molar-refractivity contribution is -0.0604. The van der Waals surface area contributed by atoms with Crippen molar-refractivity contribution in [1.29, 1.82) is 0 Å². The zero-order valence-corrected chi connectivity index (χ0v) is 13.5. The molecule has 0 spiro atoms. The molecule has 1 fully saturated rings. The van der Waals surface area contributed by atoms with Gasteiger partial charge >= 0.3 is 6.03 Å². The largest absolute Gasteiger partial charge is 0.368 e. The highest BCUT2D eigenvalue weighted by Crippen LogP contribution is 2.30. The summed E-state index contributed by atoms with van der Waals surface area (Å²) in [6, 6.07) is 10.3. The number of rotatable bonds is 3. The van der Waals surface area contributed by atoms with Crippen molar-refractivity contribution < 1.29 is 9.53 Å². The molecule has 0 radical (unpaired) electrons. The van der Waals surface area contributed by atoms with Crippen molar-refractivity contribution in [2.24, 2.45) is 0 Å². The van der Waals surface area contributed by atoms with Crippen LogP contribution in [0.4, 0.5) is 4.79 Å². The molecule has 2 amide bonds. The summed E-state index contributed by atoms with van der Waals surface area (Å²) in [6.07, 6.45) is 3.42. The first-order valence-corrected chi connectivity index (χ1v) is 8.38. The highest BCUT2D eigenvalue weighted by Gasteiger charge is 2.37. The van der Waals surface area contributed by atoms with Crippen molar-refractivity contribution in [2.45, 2.75) is 31.6 Å². The molecular formula is C17H21N5O2. The number of carbonyl (C=O) groups excluding carboxylic acids is 1. The van der Waals surface area contributed by atoms with Crippen molar-refractivity contribution in [3.8, 4) is 0 Å². The third-order valence-electron chi connectivity index (χ3n) is 4.75. The first-order valence-electron chi connectivity index (χ1n) is 8.38. The van der Waals surface area contributed by atoms with Crippen molar-refractivity contribution in [2.75, 3.05) is 19.6 Å². The summed E-state index contributed by atoms with van der Waals surface area (Å²) >= 11 is 0. The number of ether oxygens (including phenoxy) is 1. The van der Waals surface area contributed by atoms with Crippen LogP contribution in [0.15, 0.2) is 36.5 Å². The molecule has 0 aliphatic carbocycles. The summed E-state index contributed by atoms with van der Waals surface area (Å²) in [4.78, 5) is 14.2. The number of likely N-dealkylation sites (tertiary alicyclic amines) is 1. The van der Waals surface area contributed by atoms with Gasteiger partial charge in [0.2, 0.25) is 0 Å². The molecule has 4 rings (SSSR count). The van der Waals surface area contributed by atoms with Gasteiger partial charge in [-0.05, 0) is 18.4 Å². The highest BCUT2D eigenvalue weighted by atomic mass is 16.5. The summed E-state index contributed by atoms with van der Waals surface area (Å²) in [7, 11) is 0. The van der Waals surface area contributed by atoms with Crippen LogP contribution in [0.3, 0.4) is 0 Å². The average molecular weight is 327 g/mol. The minimum atomic E-state index is -0.0163. The summed E-state index contributed by atoms with van der Waals surface area (Å²) in [5.74, 6) is 0. The van der Waals surface area contributed by atoms with Crippen molar-refractivity contribution in [3.05, 3.63) is 47.8 Å². The fourth-order valence-corrected chi connectivity index (χ4v) is 3.44. The maximum absolute atomic E-state index is 12.4. The van der Waals surface area contributed by atoms with E-state index in [0.717, 1.165) is 18.5 Å². The Morgan fingerprint density at radius 2 is 2.21 bits per heavy atom. The van der Waals surface area contributed by atoms with E-state index in [0.29, 0.717) is 26.2 Å². The summed E-state index contributed by atoms with van der Waals surface area (Å²) in [5, 5.41) is 11.1. The molecule has 2 aliphatic rings. The van der Waals surface area contributed by atoms with Gasteiger partial charge in [-0.3, -0.25) is 0 Å². The monoisotopic (exact) mass is 327 g/mol. The Hall–Kier alpha value is -2.41. The SMILES string of the molecule is O=C(NCCc1ccccc1)N1CC[C@H]2[C@H](C1)OCc1cnnn12. The number of piperidine rings is 1. The molecule has 7 heteroatoms. The molecule has 2 atom stereocenters. The Morgan fingerprint density at radius 1 is 1.33 bits per heavy atom. The Bertz CT molecular complexity index is 702. The number of fused-ring (bicyclic) bond motifs is 3. The van der Waals surface area contributed by atoms with Gasteiger partial charge in [0, 0.05) is 13.1 Å². The van der Waals surface area contributed by atoms with E-state index in [9.17, 15) is 4.79 Å². The summed E-state index contributed by atoms with van der Waals surface area (Å²) in [6.45, 7) is 2.46. The van der Waals surface area contributed by atoms with E-state index in [4.69, 9.17) is 4.74 Å². The van der Waals surface area contributed by atoms with Gasteiger partial charge in [0.25, 0.3) is 0 Å². The molecule has 0 bridgehead atoms. The van der Waals surface area contributed by atoms with Crippen molar-refractivity contribution >= 4 is 6.03 Å². The molecule has 2 aromatic rings. The van der Waals surface area contributed by atoms with Gasteiger partial charge in [-0.15, -0.1) is 5.10 Å². The molecule has 1 N–H and O–H groups in total. The molecule has 0 saturated carbocycles. The maximum Gasteiger partial charge on any atom is 0.317 e. The molecule has 2 aliphatic heterocycles. The fraction of sp³-hybridized carbons (Fsp3) is 0.471. The van der Waals surface area contributed by atoms with Crippen LogP contribution >= 0.6 is 0 Å². The summed E-state index contributed by atoms with van der Waals surface area (Å²) in [5.41, 5.74) is 2.24. The molecule has 0 unspecified atom stereocenters. The van der Waals surface area contributed by atoms with Gasteiger partial charge in [0.1, 0.15) is 0 Å². The maximum atomic E-state index is 12.4. The third-order valence-corrected chi connectivity index (χ3v) is 4.75. The van der Waals surface area contributed by atoms with Crippen LogP contribution in [0, 0.1) is 0 Å². The average Bonchev–Trinajstić information content (AvgIpc) is 3.11. The van der Waals surface area contributed by atoms with E-state index in [1.807, 2.05) is 27.8 Å². The van der Waals surface area contributed by atoms with Crippen LogP contribution in [0.25, 0.3) is 0 Å². The van der Waals surface area contributed by atoms with Gasteiger partial charge in [0.15, 0.2) is 0 Å². The number of carbonyl (C=O) groups is 1. The van der Waals surface area contributed by atoms with Crippen LogP contribution in [-0.2, 0) is 17.8 Å². The second-order valence-corrected chi connectivity index (χ2v) is 6.29. The molecule has 3 heterocycles. The van der Waals surface area contributed by atoms with E-state index in [1.165, 1.54) is 5.56 Å². The Balaban J connectivity index is 1.30. The standard InChI is InChI=1S/C17H21N5O2/c23-17(18-8-6-13-4-2-1-3-5-13)21-9-7-15-16(11-21)24-12-14-10-19-20-22(14)15/h1-5,10,15-16H,6-9,11-12H2,(H,18,23)/t15-,16-/m0/s1. The summed E-state index contributed by atoms with van der Waals surface area (Å²) < 4.78 is 7.86. The number of urea groups is 1. The van der Waals surface area contributed by atoms with Crippen LogP contribution in [-0.4, -0.2) is 51.7 Å². The van der Waals surface area contributed by atoms with E-state index < -0.39 is 0 Å². The number of hydrogen-bond donors (Lipinski definition) is 1. The zero-order valence-electron chi connectivity index (χ0n) is 13.5. The Kier molecular flexibility index (Phi) is 4.17. The number of nitrogens with zero attached hydrogens (tertiary/aromatic N) is 4. The lowest BCUT2D eigenvalue weighted by Crippen LogP contribution is -2.53. The van der Waals surface area contributed by atoms with E-state index in [2.05, 4.69) is 27.8 Å². The molecule has 1 saturated heterocycles. The van der Waals surface area contributed by atoms with Gasteiger partial charge in [-0.2, -0.15) is 0 Å². The predicted molar refractivity (Wildman–Crippen MR) is 87.4 cm³/mol. The van der Waals surface area contributed by atoms with Crippen molar-refractivity contribution in [3.63, 3.8) is 0 Å². The van der Waals surface area contributed by atoms with Gasteiger partial charge < -0.3 is 15.0 Å². The Labute approximate surface area is 140 Å². The second-order valence-electron chi connectivity index (χ2n) is 6.29. The van der Waals surface area contributed by atoms with Crippen LogP contribution in [0.5, 0.6) is 0 Å². The van der Waals surface area contributed by atoms with Gasteiger partial charge in [-0.1, -0.05) is 35.5 Å².